The van der Waals surface area contributed by atoms with E-state index >= 15 is 0 Å². The summed E-state index contributed by atoms with van der Waals surface area (Å²) in [6, 6.07) is -0.592. The number of carboxylic acids is 1. The van der Waals surface area contributed by atoms with Gasteiger partial charge in [-0.15, -0.1) is 0 Å². The number of hydrogen-bond acceptors (Lipinski definition) is 4. The zero-order chi connectivity index (χ0) is 11.6. The normalized spacial score (nSPS) is 12.5. The molecule has 0 spiro atoms. The molecule has 6 nitrogen and oxygen atoms in total. The van der Waals surface area contributed by atoms with Gasteiger partial charge >= 0.3 is 5.97 Å². The van der Waals surface area contributed by atoms with Crippen LogP contribution < -0.4 is 10.5 Å². The first-order chi connectivity index (χ1) is 6.97. The summed E-state index contributed by atoms with van der Waals surface area (Å²) in [7, 11) is 3.23. The van der Waals surface area contributed by atoms with Gasteiger partial charge in [0.25, 0.3) is 0 Å². The number of aromatic nitrogens is 2. The highest BCUT2D eigenvalue weighted by atomic mass is 16.5. The Balaban J connectivity index is 3.06. The predicted octanol–water partition coefficient (Wildman–Crippen LogP) is 0.212. The number of rotatable bonds is 4. The summed E-state index contributed by atoms with van der Waals surface area (Å²) in [6.07, 6.45) is -0.136. The highest BCUT2D eigenvalue weighted by molar-refractivity contribution is 5.68. The van der Waals surface area contributed by atoms with E-state index in [0.717, 1.165) is 0 Å². The summed E-state index contributed by atoms with van der Waals surface area (Å²) >= 11 is 0. The zero-order valence-corrected chi connectivity index (χ0v) is 9.02. The molecule has 0 aromatic carbocycles. The first-order valence-corrected chi connectivity index (χ1v) is 4.52. The Morgan fingerprint density at radius 3 is 2.80 bits per heavy atom. The van der Waals surface area contributed by atoms with Gasteiger partial charge in [0.2, 0.25) is 5.88 Å². The molecule has 0 saturated heterocycles. The number of nitrogens with zero attached hydrogens (tertiary/aromatic N) is 2. The molecule has 1 aromatic heterocycles. The van der Waals surface area contributed by atoms with E-state index in [1.165, 1.54) is 7.11 Å². The Morgan fingerprint density at radius 1 is 1.73 bits per heavy atom. The smallest absolute Gasteiger partial charge is 0.305 e. The van der Waals surface area contributed by atoms with Crippen LogP contribution in [-0.2, 0) is 11.8 Å². The number of methoxy groups -OCH3 is 1. The van der Waals surface area contributed by atoms with Crippen LogP contribution in [0, 0.1) is 6.92 Å². The van der Waals surface area contributed by atoms with E-state index in [1.54, 1.807) is 18.7 Å². The van der Waals surface area contributed by atoms with Crippen molar-refractivity contribution in [1.29, 1.82) is 0 Å². The Morgan fingerprint density at radius 2 is 2.33 bits per heavy atom. The maximum Gasteiger partial charge on any atom is 0.305 e. The van der Waals surface area contributed by atoms with Gasteiger partial charge in [-0.05, 0) is 6.92 Å². The quantitative estimate of drug-likeness (QED) is 0.746. The van der Waals surface area contributed by atoms with Crippen molar-refractivity contribution in [3.05, 3.63) is 11.3 Å². The van der Waals surface area contributed by atoms with E-state index in [2.05, 4.69) is 5.10 Å². The Bertz CT molecular complexity index is 373. The van der Waals surface area contributed by atoms with Crippen LogP contribution in [-0.4, -0.2) is 28.0 Å². The van der Waals surface area contributed by atoms with Gasteiger partial charge < -0.3 is 15.6 Å². The number of aryl methyl sites for hydroxylation is 2. The van der Waals surface area contributed by atoms with Gasteiger partial charge in [-0.3, -0.25) is 4.79 Å². The van der Waals surface area contributed by atoms with E-state index in [-0.39, 0.29) is 6.42 Å². The van der Waals surface area contributed by atoms with Crippen molar-refractivity contribution in [3.63, 3.8) is 0 Å². The lowest BCUT2D eigenvalue weighted by Crippen LogP contribution is -2.16. The molecule has 1 heterocycles. The molecule has 0 aliphatic rings. The van der Waals surface area contributed by atoms with Crippen LogP contribution in [0.2, 0.25) is 0 Å². The van der Waals surface area contributed by atoms with Gasteiger partial charge in [0.1, 0.15) is 0 Å². The maximum atomic E-state index is 10.6. The van der Waals surface area contributed by atoms with Crippen LogP contribution in [0.25, 0.3) is 0 Å². The molecule has 0 aliphatic heterocycles. The first-order valence-electron chi connectivity index (χ1n) is 4.52. The third-order valence-corrected chi connectivity index (χ3v) is 2.17. The standard InChI is InChI=1S/C9H15N3O3/c1-5-8(6(10)4-7(13)14)9(15-3)12(2)11-5/h6H,4,10H2,1-3H3,(H,13,14)/t6-/m1/s1. The molecule has 0 bridgehead atoms. The fraction of sp³-hybridized carbons (Fsp3) is 0.556. The monoisotopic (exact) mass is 213 g/mol. The van der Waals surface area contributed by atoms with Gasteiger partial charge in [-0.25, -0.2) is 4.68 Å². The van der Waals surface area contributed by atoms with Crippen molar-refractivity contribution in [3.8, 4) is 5.88 Å². The number of ether oxygens (including phenoxy) is 1. The third kappa shape index (κ3) is 2.27. The Labute approximate surface area is 87.6 Å². The number of carbonyl (C=O) groups is 1. The lowest BCUT2D eigenvalue weighted by Gasteiger charge is -2.10. The van der Waals surface area contributed by atoms with Gasteiger partial charge in [0.15, 0.2) is 0 Å². The minimum Gasteiger partial charge on any atom is -0.481 e. The largest absolute Gasteiger partial charge is 0.481 e. The molecule has 0 amide bonds. The average Bonchev–Trinajstić information content (AvgIpc) is 2.38. The molecule has 1 aromatic rings. The molecule has 15 heavy (non-hydrogen) atoms. The number of nitrogens with two attached hydrogens (primary N) is 1. The second kappa shape index (κ2) is 4.31. The van der Waals surface area contributed by atoms with E-state index in [1.807, 2.05) is 0 Å². The van der Waals surface area contributed by atoms with Gasteiger partial charge in [-0.2, -0.15) is 5.10 Å². The molecule has 3 N–H and O–H groups in total. The molecular weight excluding hydrogens is 198 g/mol. The molecule has 0 fully saturated rings. The van der Waals surface area contributed by atoms with Crippen LogP contribution in [0.1, 0.15) is 23.7 Å². The fourth-order valence-corrected chi connectivity index (χ4v) is 1.61. The molecule has 0 radical (unpaired) electrons. The number of hydrogen-bond donors (Lipinski definition) is 2. The second-order valence-corrected chi connectivity index (χ2v) is 3.34. The summed E-state index contributed by atoms with van der Waals surface area (Å²) < 4.78 is 6.68. The Hall–Kier alpha value is -1.56. The molecule has 6 heteroatoms. The minimum atomic E-state index is -0.937. The highest BCUT2D eigenvalue weighted by Crippen LogP contribution is 2.28. The summed E-state index contributed by atoms with van der Waals surface area (Å²) in [6.45, 7) is 1.78. The van der Waals surface area contributed by atoms with Crippen molar-refractivity contribution < 1.29 is 14.6 Å². The molecule has 1 rings (SSSR count). The highest BCUT2D eigenvalue weighted by Gasteiger charge is 2.22. The third-order valence-electron chi connectivity index (χ3n) is 2.17. The van der Waals surface area contributed by atoms with Crippen LogP contribution >= 0.6 is 0 Å². The van der Waals surface area contributed by atoms with Crippen molar-refractivity contribution >= 4 is 5.97 Å². The van der Waals surface area contributed by atoms with Crippen LogP contribution in [0.15, 0.2) is 0 Å². The van der Waals surface area contributed by atoms with E-state index in [4.69, 9.17) is 15.6 Å². The lowest BCUT2D eigenvalue weighted by molar-refractivity contribution is -0.137. The Kier molecular flexibility index (Phi) is 3.31. The van der Waals surface area contributed by atoms with Crippen molar-refractivity contribution in [2.45, 2.75) is 19.4 Å². The van der Waals surface area contributed by atoms with E-state index in [0.29, 0.717) is 17.1 Å². The van der Waals surface area contributed by atoms with E-state index in [9.17, 15) is 4.79 Å². The summed E-state index contributed by atoms with van der Waals surface area (Å²) in [5.41, 5.74) is 7.12. The van der Waals surface area contributed by atoms with E-state index < -0.39 is 12.0 Å². The van der Waals surface area contributed by atoms with Gasteiger partial charge in [0, 0.05) is 13.1 Å². The number of carboxylic acid groups (broad SMARTS) is 1. The molecule has 84 valence electrons. The van der Waals surface area contributed by atoms with Crippen molar-refractivity contribution in [1.82, 2.24) is 9.78 Å². The number of aliphatic carboxylic acids is 1. The molecule has 0 unspecified atom stereocenters. The van der Waals surface area contributed by atoms with Gasteiger partial charge in [-0.1, -0.05) is 0 Å². The minimum absolute atomic E-state index is 0.136. The second-order valence-electron chi connectivity index (χ2n) is 3.34. The van der Waals surface area contributed by atoms with Crippen LogP contribution in [0.3, 0.4) is 0 Å². The predicted molar refractivity (Wildman–Crippen MR) is 53.7 cm³/mol. The van der Waals surface area contributed by atoms with Crippen LogP contribution in [0.5, 0.6) is 5.88 Å². The molecule has 1 atom stereocenters. The van der Waals surface area contributed by atoms with Crippen molar-refractivity contribution in [2.75, 3.05) is 7.11 Å². The van der Waals surface area contributed by atoms with Gasteiger partial charge in [0.05, 0.1) is 24.8 Å². The first kappa shape index (κ1) is 11.5. The van der Waals surface area contributed by atoms with Crippen LogP contribution in [0.4, 0.5) is 0 Å². The van der Waals surface area contributed by atoms with Crippen molar-refractivity contribution in [2.24, 2.45) is 12.8 Å². The summed E-state index contributed by atoms with van der Waals surface area (Å²) in [5, 5.41) is 12.8. The fourth-order valence-electron chi connectivity index (χ4n) is 1.61. The average molecular weight is 213 g/mol. The molecule has 0 saturated carbocycles. The lowest BCUT2D eigenvalue weighted by atomic mass is 10.1. The summed E-state index contributed by atoms with van der Waals surface area (Å²) in [4.78, 5) is 10.6. The maximum absolute atomic E-state index is 10.6. The molecular formula is C9H15N3O3. The molecule has 0 aliphatic carbocycles. The topological polar surface area (TPSA) is 90.4 Å². The summed E-state index contributed by atoms with van der Waals surface area (Å²) in [5.74, 6) is -0.422. The zero-order valence-electron chi connectivity index (χ0n) is 9.02. The SMILES string of the molecule is COc1c([C@H](N)CC(=O)O)c(C)nn1C.